The van der Waals surface area contributed by atoms with E-state index in [1.165, 1.54) is 28.7 Å². The number of methoxy groups -OCH3 is 1. The molecular formula is C14H23NO. The van der Waals surface area contributed by atoms with Crippen molar-refractivity contribution in [1.82, 2.24) is 5.32 Å². The van der Waals surface area contributed by atoms with Crippen LogP contribution in [-0.4, -0.2) is 20.7 Å². The van der Waals surface area contributed by atoms with Crippen LogP contribution in [0.2, 0.25) is 0 Å². The van der Waals surface area contributed by atoms with Crippen molar-refractivity contribution in [3.8, 4) is 5.75 Å². The lowest BCUT2D eigenvalue weighted by Gasteiger charge is -2.15. The Labute approximate surface area is 99.0 Å². The Morgan fingerprint density at radius 3 is 2.44 bits per heavy atom. The third kappa shape index (κ3) is 2.76. The predicted molar refractivity (Wildman–Crippen MR) is 69.5 cm³/mol. The largest absolute Gasteiger partial charge is 0.496 e. The van der Waals surface area contributed by atoms with Gasteiger partial charge in [-0.3, -0.25) is 0 Å². The molecule has 0 saturated heterocycles. The van der Waals surface area contributed by atoms with Crippen molar-refractivity contribution in [3.05, 3.63) is 28.3 Å². The van der Waals surface area contributed by atoms with Crippen LogP contribution in [0.15, 0.2) is 6.07 Å². The first kappa shape index (κ1) is 13.0. The summed E-state index contributed by atoms with van der Waals surface area (Å²) >= 11 is 0. The second-order valence-corrected chi connectivity index (χ2v) is 4.34. The Morgan fingerprint density at radius 1 is 1.19 bits per heavy atom. The summed E-state index contributed by atoms with van der Waals surface area (Å²) in [5.74, 6) is 1.04. The van der Waals surface area contributed by atoms with Crippen molar-refractivity contribution in [1.29, 1.82) is 0 Å². The fourth-order valence-corrected chi connectivity index (χ4v) is 2.17. The minimum Gasteiger partial charge on any atom is -0.496 e. The van der Waals surface area contributed by atoms with E-state index >= 15 is 0 Å². The summed E-state index contributed by atoms with van der Waals surface area (Å²) < 4.78 is 5.42. The van der Waals surface area contributed by atoms with Gasteiger partial charge in [-0.2, -0.15) is 0 Å². The van der Waals surface area contributed by atoms with Crippen molar-refractivity contribution in [2.75, 3.05) is 20.7 Å². The molecule has 2 heteroatoms. The van der Waals surface area contributed by atoms with Crippen molar-refractivity contribution in [2.45, 2.75) is 33.6 Å². The smallest absolute Gasteiger partial charge is 0.124 e. The lowest BCUT2D eigenvalue weighted by Crippen LogP contribution is -2.09. The molecular weight excluding hydrogens is 198 g/mol. The fourth-order valence-electron chi connectivity index (χ4n) is 2.17. The van der Waals surface area contributed by atoms with Crippen LogP contribution in [-0.2, 0) is 6.42 Å². The van der Waals surface area contributed by atoms with E-state index in [0.29, 0.717) is 0 Å². The normalized spacial score (nSPS) is 10.6. The van der Waals surface area contributed by atoms with E-state index in [2.05, 4.69) is 32.2 Å². The number of aryl methyl sites for hydroxylation is 2. The summed E-state index contributed by atoms with van der Waals surface area (Å²) in [6, 6.07) is 2.26. The zero-order valence-electron chi connectivity index (χ0n) is 11.1. The first-order valence-electron chi connectivity index (χ1n) is 5.90. The summed E-state index contributed by atoms with van der Waals surface area (Å²) in [5, 5.41) is 3.18. The molecule has 2 nitrogen and oxygen atoms in total. The first-order valence-corrected chi connectivity index (χ1v) is 5.90. The number of hydrogen-bond donors (Lipinski definition) is 1. The lowest BCUT2D eigenvalue weighted by molar-refractivity contribution is 0.408. The molecule has 1 aromatic rings. The third-order valence-electron chi connectivity index (χ3n) is 3.21. The van der Waals surface area contributed by atoms with Crippen LogP contribution >= 0.6 is 0 Å². The molecule has 0 unspecified atom stereocenters. The van der Waals surface area contributed by atoms with Gasteiger partial charge >= 0.3 is 0 Å². The number of rotatable bonds is 5. The highest BCUT2D eigenvalue weighted by Gasteiger charge is 2.09. The molecule has 0 aromatic heterocycles. The van der Waals surface area contributed by atoms with Gasteiger partial charge in [-0.1, -0.05) is 6.07 Å². The summed E-state index contributed by atoms with van der Waals surface area (Å²) in [4.78, 5) is 0. The zero-order chi connectivity index (χ0) is 12.1. The van der Waals surface area contributed by atoms with Gasteiger partial charge in [-0.15, -0.1) is 0 Å². The maximum Gasteiger partial charge on any atom is 0.124 e. The molecule has 0 amide bonds. The topological polar surface area (TPSA) is 21.3 Å². The van der Waals surface area contributed by atoms with Crippen LogP contribution in [0.5, 0.6) is 5.75 Å². The molecule has 0 aliphatic carbocycles. The molecule has 1 aromatic carbocycles. The Morgan fingerprint density at radius 2 is 1.88 bits per heavy atom. The van der Waals surface area contributed by atoms with Crippen molar-refractivity contribution in [3.63, 3.8) is 0 Å². The molecule has 0 saturated carbocycles. The third-order valence-corrected chi connectivity index (χ3v) is 3.21. The molecule has 0 bridgehead atoms. The SMILES string of the molecule is CNCCCc1cc(C)c(OC)c(C)c1C. The summed E-state index contributed by atoms with van der Waals surface area (Å²) in [6.07, 6.45) is 2.32. The molecule has 0 atom stereocenters. The van der Waals surface area contributed by atoms with Gasteiger partial charge < -0.3 is 10.1 Å². The maximum atomic E-state index is 5.42. The van der Waals surface area contributed by atoms with E-state index in [0.717, 1.165) is 18.7 Å². The minimum atomic E-state index is 1.04. The fraction of sp³-hybridized carbons (Fsp3) is 0.571. The predicted octanol–water partition coefficient (Wildman–Crippen LogP) is 2.77. The van der Waals surface area contributed by atoms with Crippen molar-refractivity contribution < 1.29 is 4.74 Å². The van der Waals surface area contributed by atoms with Gasteiger partial charge in [0.05, 0.1) is 7.11 Å². The molecule has 0 spiro atoms. The Balaban J connectivity index is 2.94. The molecule has 1 rings (SSSR count). The Bertz CT molecular complexity index is 358. The van der Waals surface area contributed by atoms with E-state index in [-0.39, 0.29) is 0 Å². The van der Waals surface area contributed by atoms with Crippen LogP contribution < -0.4 is 10.1 Å². The van der Waals surface area contributed by atoms with Crippen molar-refractivity contribution in [2.24, 2.45) is 0 Å². The lowest BCUT2D eigenvalue weighted by atomic mass is 9.96. The number of nitrogens with one attached hydrogen (secondary N) is 1. The standard InChI is InChI=1S/C14H23NO/c1-10-9-13(7-6-8-15-4)11(2)12(3)14(10)16-5/h9,15H,6-8H2,1-5H3. The van der Waals surface area contributed by atoms with Gasteiger partial charge in [0, 0.05) is 0 Å². The van der Waals surface area contributed by atoms with Crippen LogP contribution in [0.4, 0.5) is 0 Å². The van der Waals surface area contributed by atoms with Gasteiger partial charge in [0.2, 0.25) is 0 Å². The Kier molecular flexibility index (Phi) is 4.81. The average Bonchev–Trinajstić information content (AvgIpc) is 2.26. The van der Waals surface area contributed by atoms with Gasteiger partial charge in [-0.25, -0.2) is 0 Å². The van der Waals surface area contributed by atoms with Crippen molar-refractivity contribution >= 4 is 0 Å². The van der Waals surface area contributed by atoms with E-state index < -0.39 is 0 Å². The monoisotopic (exact) mass is 221 g/mol. The molecule has 0 heterocycles. The van der Waals surface area contributed by atoms with E-state index in [4.69, 9.17) is 4.74 Å². The molecule has 0 aliphatic rings. The first-order chi connectivity index (χ1) is 7.61. The molecule has 1 N–H and O–H groups in total. The summed E-state index contributed by atoms with van der Waals surface area (Å²) in [5.41, 5.74) is 5.34. The van der Waals surface area contributed by atoms with E-state index in [1.54, 1.807) is 7.11 Å². The highest BCUT2D eigenvalue weighted by Crippen LogP contribution is 2.28. The number of benzene rings is 1. The summed E-state index contributed by atoms with van der Waals surface area (Å²) in [6.45, 7) is 7.52. The van der Waals surface area contributed by atoms with Crippen LogP contribution in [0, 0.1) is 20.8 Å². The zero-order valence-corrected chi connectivity index (χ0v) is 11.1. The second kappa shape index (κ2) is 5.90. The highest BCUT2D eigenvalue weighted by atomic mass is 16.5. The van der Waals surface area contributed by atoms with Crippen LogP contribution in [0.1, 0.15) is 28.7 Å². The van der Waals surface area contributed by atoms with E-state index in [9.17, 15) is 0 Å². The van der Waals surface area contributed by atoms with Gasteiger partial charge in [-0.05, 0) is 69.5 Å². The second-order valence-electron chi connectivity index (χ2n) is 4.34. The number of hydrogen-bond acceptors (Lipinski definition) is 2. The summed E-state index contributed by atoms with van der Waals surface area (Å²) in [7, 11) is 3.74. The minimum absolute atomic E-state index is 1.04. The maximum absolute atomic E-state index is 5.42. The van der Waals surface area contributed by atoms with Gasteiger partial charge in [0.25, 0.3) is 0 Å². The quantitative estimate of drug-likeness (QED) is 0.772. The van der Waals surface area contributed by atoms with Crippen LogP contribution in [0.25, 0.3) is 0 Å². The molecule has 0 fully saturated rings. The molecule has 0 aliphatic heterocycles. The highest BCUT2D eigenvalue weighted by molar-refractivity contribution is 5.48. The van der Waals surface area contributed by atoms with Crippen LogP contribution in [0.3, 0.4) is 0 Å². The van der Waals surface area contributed by atoms with Gasteiger partial charge in [0.1, 0.15) is 5.75 Å². The molecule has 0 radical (unpaired) electrons. The number of ether oxygens (including phenoxy) is 1. The molecule has 16 heavy (non-hydrogen) atoms. The van der Waals surface area contributed by atoms with E-state index in [1.807, 2.05) is 7.05 Å². The average molecular weight is 221 g/mol. The Hall–Kier alpha value is -1.02. The van der Waals surface area contributed by atoms with Gasteiger partial charge in [0.15, 0.2) is 0 Å². The molecule has 90 valence electrons.